The normalized spacial score (nSPS) is 7.85. The van der Waals surface area contributed by atoms with Crippen molar-refractivity contribution in [3.8, 4) is 5.75 Å². The fourth-order valence-corrected chi connectivity index (χ4v) is 0.970. The monoisotopic (exact) mass is 298 g/mol. The first-order valence-electron chi connectivity index (χ1n) is 2.82. The molecule has 0 aliphatic heterocycles. The minimum atomic E-state index is -0.438. The number of hydrogen-bond acceptors (Lipinski definition) is 3. The first-order valence-corrected chi connectivity index (χ1v) is 3.82. The topological polar surface area (TPSA) is 52.4 Å². The smallest absolute Gasteiger partial charge is 1.00 e. The third kappa shape index (κ3) is 4.60. The van der Waals surface area contributed by atoms with Gasteiger partial charge >= 0.3 is 78.7 Å². The molecular weight excluding hydrogens is 296 g/mol. The molecule has 0 spiro atoms. The van der Waals surface area contributed by atoms with Crippen LogP contribution in [0.25, 0.3) is 0 Å². The van der Waals surface area contributed by atoms with Gasteiger partial charge in [-0.15, -0.1) is 0 Å². The third-order valence-electron chi connectivity index (χ3n) is 1.17. The minimum Gasteiger partial charge on any atom is -1.00 e. The van der Waals surface area contributed by atoms with Crippen LogP contribution in [0.15, 0.2) is 24.3 Å². The zero-order chi connectivity index (χ0) is 8.27. The standard InChI is InChI=1S/C6H5NO3.2ClH.Zr/c8-6-3-1-5(2-4-6)7(9)10;;;/h1-4,8H;2*1H;/q;;;+3/p-3. The Morgan fingerprint density at radius 1 is 1.23 bits per heavy atom. The Morgan fingerprint density at radius 2 is 1.69 bits per heavy atom. The predicted octanol–water partition coefficient (Wildman–Crippen LogP) is -4.56. The molecule has 0 fully saturated rings. The Kier molecular flexibility index (Phi) is 8.63. The zero-order valence-electron chi connectivity index (χ0n) is 6.24. The van der Waals surface area contributed by atoms with E-state index in [9.17, 15) is 10.1 Å². The van der Waals surface area contributed by atoms with E-state index in [1.54, 1.807) is 12.1 Å². The van der Waals surface area contributed by atoms with Gasteiger partial charge in [-0.25, -0.2) is 0 Å². The number of hydrogen-bond donors (Lipinski definition) is 0. The number of nitrogens with zero attached hydrogens (tertiary/aromatic N) is 1. The second kappa shape index (κ2) is 7.30. The van der Waals surface area contributed by atoms with Crippen molar-refractivity contribution in [2.45, 2.75) is 0 Å². The molecule has 1 aromatic rings. The van der Waals surface area contributed by atoms with E-state index in [1.807, 2.05) is 0 Å². The maximum absolute atomic E-state index is 10.2. The van der Waals surface area contributed by atoms with Crippen LogP contribution in [0.3, 0.4) is 0 Å². The molecule has 0 aromatic heterocycles. The first kappa shape index (κ1) is 15.4. The van der Waals surface area contributed by atoms with Gasteiger partial charge < -0.3 is 24.8 Å². The van der Waals surface area contributed by atoms with E-state index in [2.05, 4.69) is 0 Å². The second-order valence-electron chi connectivity index (χ2n) is 1.85. The van der Waals surface area contributed by atoms with Crippen molar-refractivity contribution in [1.29, 1.82) is 0 Å². The molecule has 0 heterocycles. The van der Waals surface area contributed by atoms with Crippen molar-refractivity contribution in [3.63, 3.8) is 0 Å². The molecule has 69 valence electrons. The van der Waals surface area contributed by atoms with Gasteiger partial charge in [0.25, 0.3) is 0 Å². The van der Waals surface area contributed by atoms with Crippen molar-refractivity contribution in [2.24, 2.45) is 0 Å². The summed E-state index contributed by atoms with van der Waals surface area (Å²) in [6, 6.07) is 5.98. The van der Waals surface area contributed by atoms with Crippen LogP contribution in [0.1, 0.15) is 0 Å². The minimum absolute atomic E-state index is 0. The van der Waals surface area contributed by atoms with Gasteiger partial charge in [-0.3, -0.25) is 0 Å². The van der Waals surface area contributed by atoms with Gasteiger partial charge in [-0.2, -0.15) is 0 Å². The first-order chi connectivity index (χ1) is 5.24. The molecule has 7 heteroatoms. The Hall–Kier alpha value is -0.117. The third-order valence-corrected chi connectivity index (χ3v) is 1.74. The fourth-order valence-electron chi connectivity index (χ4n) is 0.636. The zero-order valence-corrected chi connectivity index (χ0v) is 10.2. The van der Waals surface area contributed by atoms with E-state index in [-0.39, 0.29) is 30.5 Å². The summed E-state index contributed by atoms with van der Waals surface area (Å²) in [6.45, 7) is 0. The number of halogens is 2. The van der Waals surface area contributed by atoms with Crippen molar-refractivity contribution in [2.75, 3.05) is 0 Å². The average molecular weight is 300 g/mol. The van der Waals surface area contributed by atoms with Crippen LogP contribution >= 0.6 is 0 Å². The number of nitro groups is 1. The number of non-ortho nitro benzene ring substituents is 1. The van der Waals surface area contributed by atoms with Crippen LogP contribution in [0.5, 0.6) is 5.75 Å². The molecule has 1 aromatic carbocycles. The maximum Gasteiger partial charge on any atom is -1.00 e. The van der Waals surface area contributed by atoms with Crippen molar-refractivity contribution in [1.82, 2.24) is 0 Å². The van der Waals surface area contributed by atoms with Gasteiger partial charge in [0.2, 0.25) is 0 Å². The van der Waals surface area contributed by atoms with Gasteiger partial charge in [0, 0.05) is 0 Å². The van der Waals surface area contributed by atoms with Crippen LogP contribution < -0.4 is 27.6 Å². The van der Waals surface area contributed by atoms with E-state index in [0.29, 0.717) is 5.75 Å². The summed E-state index contributed by atoms with van der Waals surface area (Å²) in [5.74, 6) is 0.661. The molecule has 4 nitrogen and oxygen atoms in total. The predicted molar refractivity (Wildman–Crippen MR) is 33.7 cm³/mol. The van der Waals surface area contributed by atoms with Gasteiger partial charge in [-0.05, 0) is 0 Å². The Labute approximate surface area is 103 Å². The Balaban J connectivity index is 0. The van der Waals surface area contributed by atoms with E-state index < -0.39 is 4.92 Å². The van der Waals surface area contributed by atoms with E-state index in [0.717, 1.165) is 25.2 Å². The number of nitro benzene ring substituents is 1. The molecule has 0 bridgehead atoms. The van der Waals surface area contributed by atoms with Crippen LogP contribution in [0.4, 0.5) is 5.69 Å². The van der Waals surface area contributed by atoms with Crippen molar-refractivity contribution >= 4 is 5.69 Å². The van der Waals surface area contributed by atoms with E-state index >= 15 is 0 Å². The molecule has 0 saturated heterocycles. The van der Waals surface area contributed by atoms with Crippen LogP contribution in [-0.2, 0) is 25.2 Å². The average Bonchev–Trinajstić information content (AvgIpc) is 2.05. The van der Waals surface area contributed by atoms with Crippen molar-refractivity contribution < 1.29 is 57.7 Å². The summed E-state index contributed by atoms with van der Waals surface area (Å²) < 4.78 is 4.92. The van der Waals surface area contributed by atoms with Crippen molar-refractivity contribution in [3.05, 3.63) is 34.4 Å². The summed E-state index contributed by atoms with van der Waals surface area (Å²) in [6.07, 6.45) is 0. The summed E-state index contributed by atoms with van der Waals surface area (Å²) in [4.78, 5) is 9.73. The maximum atomic E-state index is 10.2. The summed E-state index contributed by atoms with van der Waals surface area (Å²) >= 11 is 0.923. The molecule has 0 N–H and O–H groups in total. The SMILES string of the molecule is O=[N+]([O-])c1ccc([O][Zr+2])cc1.[Cl-].[Cl-]. The molecule has 0 saturated carbocycles. The Morgan fingerprint density at radius 3 is 2.00 bits per heavy atom. The molecule has 0 unspecified atom stereocenters. The van der Waals surface area contributed by atoms with Crippen LogP contribution in [0, 0.1) is 10.1 Å². The van der Waals surface area contributed by atoms with E-state index in [4.69, 9.17) is 2.81 Å². The molecule has 13 heavy (non-hydrogen) atoms. The molecular formula is C6H4Cl2NO3Zr. The van der Waals surface area contributed by atoms with Gasteiger partial charge in [0.1, 0.15) is 0 Å². The molecule has 0 atom stereocenters. The van der Waals surface area contributed by atoms with E-state index in [1.165, 1.54) is 12.1 Å². The number of benzene rings is 1. The molecule has 1 rings (SSSR count). The second-order valence-corrected chi connectivity index (χ2v) is 2.35. The summed E-state index contributed by atoms with van der Waals surface area (Å²) in [7, 11) is 0. The van der Waals surface area contributed by atoms with Gasteiger partial charge in [-0.1, -0.05) is 0 Å². The Bertz CT molecular complexity index is 267. The van der Waals surface area contributed by atoms with Gasteiger partial charge in [0.15, 0.2) is 0 Å². The van der Waals surface area contributed by atoms with Crippen LogP contribution in [-0.4, -0.2) is 4.92 Å². The molecule has 0 radical (unpaired) electrons. The van der Waals surface area contributed by atoms with Gasteiger partial charge in [0.05, 0.1) is 0 Å². The summed E-state index contributed by atoms with van der Waals surface area (Å²) in [5, 5.41) is 10.2. The molecule has 0 amide bonds. The number of rotatable bonds is 2. The largest absolute Gasteiger partial charge is 1.00 e. The molecule has 0 aliphatic carbocycles. The van der Waals surface area contributed by atoms with Crippen LogP contribution in [0.2, 0.25) is 0 Å². The summed E-state index contributed by atoms with van der Waals surface area (Å²) in [5.41, 5.74) is 0.0848. The quantitative estimate of drug-likeness (QED) is 0.408. The fraction of sp³-hybridized carbons (Fsp3) is 0. The molecule has 0 aliphatic rings.